The van der Waals surface area contributed by atoms with Gasteiger partial charge in [-0.3, -0.25) is 0 Å². The van der Waals surface area contributed by atoms with Crippen LogP contribution in [0.2, 0.25) is 0 Å². The molecule has 0 aliphatic carbocycles. The van der Waals surface area contributed by atoms with Gasteiger partial charge in [0.25, 0.3) is 0 Å². The first-order valence-electron chi connectivity index (χ1n) is 8.07. The Kier molecular flexibility index (Phi) is 4.61. The van der Waals surface area contributed by atoms with E-state index in [-0.39, 0.29) is 0 Å². The molecule has 0 spiro atoms. The van der Waals surface area contributed by atoms with Gasteiger partial charge < -0.3 is 20.1 Å². The van der Waals surface area contributed by atoms with Crippen molar-refractivity contribution in [2.45, 2.75) is 0 Å². The van der Waals surface area contributed by atoms with Crippen LogP contribution in [0.5, 0.6) is 0 Å². The maximum absolute atomic E-state index is 12.1. The monoisotopic (exact) mass is 345 g/mol. The number of nitrogens with zero attached hydrogens (tertiary/aromatic N) is 4. The van der Waals surface area contributed by atoms with E-state index in [1.165, 1.54) is 0 Å². The fraction of sp³-hybridized carbons (Fsp3) is 0.412. The van der Waals surface area contributed by atoms with Crippen LogP contribution in [0.1, 0.15) is 0 Å². The van der Waals surface area contributed by atoms with E-state index in [0.717, 1.165) is 42.9 Å². The molecule has 6 nitrogen and oxygen atoms in total. The van der Waals surface area contributed by atoms with E-state index in [4.69, 9.17) is 10.7 Å². The van der Waals surface area contributed by atoms with E-state index in [9.17, 15) is 4.57 Å². The lowest BCUT2D eigenvalue weighted by atomic mass is 10.2. The van der Waals surface area contributed by atoms with E-state index in [2.05, 4.69) is 21.8 Å². The Morgan fingerprint density at radius 1 is 1.04 bits per heavy atom. The Labute approximate surface area is 143 Å². The number of hydrogen-bond acceptors (Lipinski definition) is 6. The molecule has 2 N–H and O–H groups in total. The third kappa shape index (κ3) is 3.77. The largest absolute Gasteiger partial charge is 0.384 e. The van der Waals surface area contributed by atoms with Crippen molar-refractivity contribution in [2.75, 3.05) is 57.2 Å². The van der Waals surface area contributed by atoms with Crippen LogP contribution in [0.3, 0.4) is 0 Å². The van der Waals surface area contributed by atoms with Gasteiger partial charge in [-0.15, -0.1) is 0 Å². The summed E-state index contributed by atoms with van der Waals surface area (Å²) < 4.78 is 12.1. The molecule has 0 bridgehead atoms. The topological polar surface area (TPSA) is 75.3 Å². The van der Waals surface area contributed by atoms with Gasteiger partial charge in [-0.25, -0.2) is 9.97 Å². The Morgan fingerprint density at radius 3 is 2.25 bits per heavy atom. The lowest BCUT2D eigenvalue weighted by molar-refractivity contribution is 0.312. The van der Waals surface area contributed by atoms with Crippen molar-refractivity contribution in [3.63, 3.8) is 0 Å². The van der Waals surface area contributed by atoms with Crippen LogP contribution < -0.4 is 15.9 Å². The molecule has 128 valence electrons. The zero-order chi connectivity index (χ0) is 17.3. The summed E-state index contributed by atoms with van der Waals surface area (Å²) in [5, 5.41) is 0.856. The summed E-state index contributed by atoms with van der Waals surface area (Å²) in [7, 11) is -0.131. The lowest BCUT2D eigenvalue weighted by Gasteiger charge is -2.33. The SMILES string of the molecule is CN1CCN(c2cc(N)nc(-c3ccc(P(C)(C)=O)cc3)n2)CC1. The van der Waals surface area contributed by atoms with Crippen LogP contribution in [0.25, 0.3) is 11.4 Å². The summed E-state index contributed by atoms with van der Waals surface area (Å²) in [6.45, 7) is 7.42. The fourth-order valence-electron chi connectivity index (χ4n) is 2.75. The Hall–Kier alpha value is -1.91. The molecule has 2 aromatic rings. The van der Waals surface area contributed by atoms with Crippen LogP contribution >= 0.6 is 7.14 Å². The van der Waals surface area contributed by atoms with Crippen LogP contribution in [-0.4, -0.2) is 61.4 Å². The minimum absolute atomic E-state index is 0.467. The van der Waals surface area contributed by atoms with Crippen LogP contribution in [0, 0.1) is 0 Å². The molecule has 1 fully saturated rings. The van der Waals surface area contributed by atoms with Crippen molar-refractivity contribution in [3.8, 4) is 11.4 Å². The molecule has 1 saturated heterocycles. The number of likely N-dealkylation sites (N-methyl/N-ethyl adjacent to an activating group) is 1. The van der Waals surface area contributed by atoms with Crippen molar-refractivity contribution in [1.82, 2.24) is 14.9 Å². The quantitative estimate of drug-likeness (QED) is 0.854. The first-order chi connectivity index (χ1) is 11.3. The summed E-state index contributed by atoms with van der Waals surface area (Å²) in [5.41, 5.74) is 6.88. The molecule has 0 unspecified atom stereocenters. The van der Waals surface area contributed by atoms with Crippen LogP contribution in [0.4, 0.5) is 11.6 Å². The molecule has 1 aliphatic rings. The normalized spacial score (nSPS) is 16.4. The highest BCUT2D eigenvalue weighted by molar-refractivity contribution is 7.70. The molecule has 1 aromatic heterocycles. The fourth-order valence-corrected chi connectivity index (χ4v) is 3.62. The van der Waals surface area contributed by atoms with E-state index < -0.39 is 7.14 Å². The van der Waals surface area contributed by atoms with Gasteiger partial charge in [0.2, 0.25) is 0 Å². The van der Waals surface area contributed by atoms with Gasteiger partial charge in [-0.2, -0.15) is 0 Å². The van der Waals surface area contributed by atoms with Crippen molar-refractivity contribution in [1.29, 1.82) is 0 Å². The number of benzene rings is 1. The number of piperazine rings is 1. The number of nitrogen functional groups attached to an aromatic ring is 1. The molecule has 1 aromatic carbocycles. The zero-order valence-corrected chi connectivity index (χ0v) is 15.3. The molecule has 24 heavy (non-hydrogen) atoms. The predicted molar refractivity (Wildman–Crippen MR) is 101 cm³/mol. The molecule has 3 rings (SSSR count). The van der Waals surface area contributed by atoms with E-state index in [1.807, 2.05) is 30.3 Å². The van der Waals surface area contributed by atoms with E-state index in [0.29, 0.717) is 11.6 Å². The molecule has 0 saturated carbocycles. The van der Waals surface area contributed by atoms with Crippen molar-refractivity contribution in [2.24, 2.45) is 0 Å². The third-order valence-electron chi connectivity index (χ3n) is 4.31. The average Bonchev–Trinajstić information content (AvgIpc) is 2.54. The Bertz CT molecular complexity index is 763. The number of hydrogen-bond donors (Lipinski definition) is 1. The zero-order valence-electron chi connectivity index (χ0n) is 14.4. The van der Waals surface area contributed by atoms with Gasteiger partial charge in [0.1, 0.15) is 18.8 Å². The first kappa shape index (κ1) is 16.9. The van der Waals surface area contributed by atoms with Gasteiger partial charge in [0.15, 0.2) is 5.82 Å². The minimum Gasteiger partial charge on any atom is -0.384 e. The molecular weight excluding hydrogens is 321 g/mol. The highest BCUT2D eigenvalue weighted by Gasteiger charge is 2.17. The van der Waals surface area contributed by atoms with Crippen molar-refractivity contribution >= 4 is 24.1 Å². The Balaban J connectivity index is 1.90. The number of rotatable bonds is 3. The molecule has 0 atom stereocenters. The summed E-state index contributed by atoms with van der Waals surface area (Å²) in [6.07, 6.45) is 0. The smallest absolute Gasteiger partial charge is 0.163 e. The average molecular weight is 345 g/mol. The highest BCUT2D eigenvalue weighted by atomic mass is 31.2. The minimum atomic E-state index is -2.25. The lowest BCUT2D eigenvalue weighted by Crippen LogP contribution is -2.44. The van der Waals surface area contributed by atoms with Crippen molar-refractivity contribution in [3.05, 3.63) is 30.3 Å². The molecule has 2 heterocycles. The standard InChI is InChI=1S/C17H24N5OP/c1-21-8-10-22(11-9-21)16-12-15(18)19-17(20-16)13-4-6-14(7-5-13)24(2,3)23/h4-7,12H,8-11H2,1-3H3,(H2,18,19,20). The van der Waals surface area contributed by atoms with Crippen molar-refractivity contribution < 1.29 is 4.57 Å². The van der Waals surface area contributed by atoms with Crippen LogP contribution in [0.15, 0.2) is 30.3 Å². The number of aromatic nitrogens is 2. The summed E-state index contributed by atoms with van der Waals surface area (Å²) in [5.74, 6) is 1.94. The van der Waals surface area contributed by atoms with Crippen LogP contribution in [-0.2, 0) is 4.57 Å². The maximum Gasteiger partial charge on any atom is 0.163 e. The van der Waals surface area contributed by atoms with E-state index in [1.54, 1.807) is 13.3 Å². The summed E-state index contributed by atoms with van der Waals surface area (Å²) >= 11 is 0. The second kappa shape index (κ2) is 6.54. The first-order valence-corrected chi connectivity index (χ1v) is 10.7. The van der Waals surface area contributed by atoms with Gasteiger partial charge in [-0.1, -0.05) is 24.3 Å². The highest BCUT2D eigenvalue weighted by Crippen LogP contribution is 2.35. The van der Waals surface area contributed by atoms with Gasteiger partial charge >= 0.3 is 0 Å². The number of nitrogens with two attached hydrogens (primary N) is 1. The van der Waals surface area contributed by atoms with E-state index >= 15 is 0 Å². The second-order valence-electron chi connectivity index (χ2n) is 6.66. The second-order valence-corrected chi connectivity index (χ2v) is 9.88. The molecule has 0 amide bonds. The summed E-state index contributed by atoms with van der Waals surface area (Å²) in [4.78, 5) is 13.6. The maximum atomic E-state index is 12.1. The summed E-state index contributed by atoms with van der Waals surface area (Å²) in [6, 6.07) is 9.43. The molecule has 0 radical (unpaired) electrons. The predicted octanol–water partition coefficient (Wildman–Crippen LogP) is 1.73. The van der Waals surface area contributed by atoms with Gasteiger partial charge in [-0.05, 0) is 20.4 Å². The molecule has 7 heteroatoms. The molecule has 1 aliphatic heterocycles. The van der Waals surface area contributed by atoms with Gasteiger partial charge in [0, 0.05) is 43.1 Å². The van der Waals surface area contributed by atoms with Gasteiger partial charge in [0.05, 0.1) is 0 Å². The number of anilines is 2. The Morgan fingerprint density at radius 2 is 1.67 bits per heavy atom. The molecular formula is C17H24N5OP. The third-order valence-corrected chi connectivity index (χ3v) is 5.85.